The molecular formula is C25H45N5O8Si. The predicted molar refractivity (Wildman–Crippen MR) is 145 cm³/mol. The summed E-state index contributed by atoms with van der Waals surface area (Å²) in [4.78, 5) is 65.3. The number of primary amides is 1. The van der Waals surface area contributed by atoms with Gasteiger partial charge in [-0.15, -0.1) is 0 Å². The molecule has 14 heteroatoms. The fraction of sp³-hybridized carbons (Fsp3) is 0.800. The van der Waals surface area contributed by atoms with Crippen LogP contribution in [0.15, 0.2) is 0 Å². The molecule has 222 valence electrons. The number of amides is 5. The van der Waals surface area contributed by atoms with E-state index in [2.05, 4.69) is 31.4 Å². The van der Waals surface area contributed by atoms with Crippen LogP contribution in [0.25, 0.3) is 0 Å². The van der Waals surface area contributed by atoms with Crippen LogP contribution in [0.4, 0.5) is 4.79 Å². The summed E-state index contributed by atoms with van der Waals surface area (Å²) in [5, 5.41) is 23.7. The van der Waals surface area contributed by atoms with Gasteiger partial charge in [-0.25, -0.2) is 4.79 Å². The highest BCUT2D eigenvalue weighted by atomic mass is 28.4. The Balaban J connectivity index is 2.01. The minimum atomic E-state index is -2.29. The summed E-state index contributed by atoms with van der Waals surface area (Å²) in [5.41, 5.74) is 5.24. The second kappa shape index (κ2) is 12.6. The van der Waals surface area contributed by atoms with E-state index in [0.29, 0.717) is 25.9 Å². The molecule has 2 aliphatic rings. The van der Waals surface area contributed by atoms with Crippen LogP contribution >= 0.6 is 0 Å². The van der Waals surface area contributed by atoms with Crippen LogP contribution in [0, 0.1) is 11.8 Å². The molecule has 0 radical (unpaired) electrons. The van der Waals surface area contributed by atoms with Gasteiger partial charge in [-0.05, 0) is 44.8 Å². The third kappa shape index (κ3) is 8.14. The Morgan fingerprint density at radius 2 is 1.49 bits per heavy atom. The number of aliphatic hydroxyl groups is 1. The molecule has 0 aliphatic carbocycles. The fourth-order valence-electron chi connectivity index (χ4n) is 4.71. The average Bonchev–Trinajstić information content (AvgIpc) is 3.48. The van der Waals surface area contributed by atoms with Crippen molar-refractivity contribution < 1.29 is 38.6 Å². The summed E-state index contributed by atoms with van der Waals surface area (Å²) in [5.74, 6) is -2.96. The molecule has 2 aliphatic heterocycles. The van der Waals surface area contributed by atoms with E-state index in [0.717, 1.165) is 0 Å². The Morgan fingerprint density at radius 3 is 2.00 bits per heavy atom. The van der Waals surface area contributed by atoms with E-state index >= 15 is 0 Å². The minimum Gasteiger partial charge on any atom is -0.465 e. The Kier molecular flexibility index (Phi) is 10.5. The zero-order chi connectivity index (χ0) is 29.9. The van der Waals surface area contributed by atoms with Crippen LogP contribution in [0.5, 0.6) is 0 Å². The second-order valence-corrected chi connectivity index (χ2v) is 16.9. The van der Waals surface area contributed by atoms with Crippen LogP contribution in [-0.2, 0) is 23.6 Å². The largest absolute Gasteiger partial charge is 0.465 e. The molecule has 2 rings (SSSR count). The van der Waals surface area contributed by atoms with Crippen molar-refractivity contribution in [2.45, 2.75) is 89.9 Å². The van der Waals surface area contributed by atoms with E-state index in [1.165, 1.54) is 11.8 Å². The second-order valence-electron chi connectivity index (χ2n) is 12.2. The van der Waals surface area contributed by atoms with Crippen molar-refractivity contribution in [3.05, 3.63) is 0 Å². The van der Waals surface area contributed by atoms with Crippen molar-refractivity contribution in [3.63, 3.8) is 0 Å². The number of carbonyl (C=O) groups is 5. The predicted octanol–water partition coefficient (Wildman–Crippen LogP) is 0.0808. The smallest absolute Gasteiger partial charge is 0.405 e. The normalized spacial score (nSPS) is 23.1. The van der Waals surface area contributed by atoms with Crippen LogP contribution in [0.2, 0.25) is 18.1 Å². The van der Waals surface area contributed by atoms with Gasteiger partial charge in [0.2, 0.25) is 23.6 Å². The fourth-order valence-corrected chi connectivity index (χ4v) is 6.13. The Morgan fingerprint density at radius 1 is 0.949 bits per heavy atom. The molecule has 6 atom stereocenters. The van der Waals surface area contributed by atoms with Gasteiger partial charge in [0, 0.05) is 26.2 Å². The van der Waals surface area contributed by atoms with Gasteiger partial charge in [0.05, 0.1) is 24.0 Å². The van der Waals surface area contributed by atoms with E-state index in [1.54, 1.807) is 11.8 Å². The first-order valence-corrected chi connectivity index (χ1v) is 16.3. The lowest BCUT2D eigenvalue weighted by atomic mass is 10.1. The first kappa shape index (κ1) is 32.5. The van der Waals surface area contributed by atoms with Gasteiger partial charge < -0.3 is 40.8 Å². The van der Waals surface area contributed by atoms with E-state index in [4.69, 9.17) is 10.2 Å². The molecule has 2 fully saturated rings. The van der Waals surface area contributed by atoms with Crippen molar-refractivity contribution in [2.75, 3.05) is 26.2 Å². The summed E-state index contributed by atoms with van der Waals surface area (Å²) in [7, 11) is -2.29. The molecule has 0 aromatic carbocycles. The number of hydrogen-bond donors (Lipinski definition) is 5. The molecular weight excluding hydrogens is 526 g/mol. The Labute approximate surface area is 230 Å². The maximum atomic E-state index is 13.4. The summed E-state index contributed by atoms with van der Waals surface area (Å²) in [6.07, 6.45) is -2.37. The molecule has 6 N–H and O–H groups in total. The molecule has 0 spiro atoms. The average molecular weight is 572 g/mol. The Hall–Kier alpha value is -2.71. The molecule has 0 unspecified atom stereocenters. The third-order valence-corrected chi connectivity index (χ3v) is 12.7. The van der Waals surface area contributed by atoms with E-state index < -0.39 is 68.3 Å². The zero-order valence-electron chi connectivity index (χ0n) is 24.0. The van der Waals surface area contributed by atoms with Crippen molar-refractivity contribution in [2.24, 2.45) is 17.6 Å². The highest BCUT2D eigenvalue weighted by molar-refractivity contribution is 6.74. The maximum Gasteiger partial charge on any atom is 0.405 e. The first-order chi connectivity index (χ1) is 17.9. The van der Waals surface area contributed by atoms with Gasteiger partial charge in [0.25, 0.3) is 0 Å². The highest BCUT2D eigenvalue weighted by Gasteiger charge is 2.44. The number of likely N-dealkylation sites (tertiary alicyclic amines) is 2. The van der Waals surface area contributed by atoms with Gasteiger partial charge in [0.1, 0.15) is 12.1 Å². The van der Waals surface area contributed by atoms with Crippen molar-refractivity contribution in [3.8, 4) is 0 Å². The SMILES string of the molecule is C[C@@H](O)[C@H](NC(=O)[C@H]1CCN(C(=O)[C@H]2CCN(C(=O)[C@@H](NC(=O)O)[C@@H](C)O[Si](C)(C)C(C)(C)C)C2)C1)C(N)=O. The van der Waals surface area contributed by atoms with Crippen LogP contribution in [0.1, 0.15) is 47.5 Å². The van der Waals surface area contributed by atoms with Gasteiger partial charge >= 0.3 is 6.09 Å². The number of nitrogens with one attached hydrogen (secondary N) is 2. The third-order valence-electron chi connectivity index (χ3n) is 8.11. The molecule has 0 aromatic rings. The van der Waals surface area contributed by atoms with Gasteiger partial charge in [-0.2, -0.15) is 0 Å². The summed E-state index contributed by atoms with van der Waals surface area (Å²) in [6, 6.07) is -2.33. The van der Waals surface area contributed by atoms with Crippen molar-refractivity contribution >= 4 is 38.0 Å². The molecule has 39 heavy (non-hydrogen) atoms. The van der Waals surface area contributed by atoms with Gasteiger partial charge in [-0.1, -0.05) is 20.8 Å². The standard InChI is InChI=1S/C25H45N5O8Si/c1-14(31)18(20(26)32)27-21(33)16-8-10-29(12-16)22(34)17-9-11-30(13-17)23(35)19(28-24(36)37)15(2)38-39(6,7)25(3,4)5/h14-19,28,31H,8-13H2,1-7H3,(H2,26,32)(H,27,33)(H,36,37)/t14-,15-,16+,17+,18+,19+/m1/s1. The molecule has 2 heterocycles. The Bertz CT molecular complexity index is 953. The van der Waals surface area contributed by atoms with Gasteiger partial charge in [-0.3, -0.25) is 19.2 Å². The summed E-state index contributed by atoms with van der Waals surface area (Å²) < 4.78 is 6.30. The van der Waals surface area contributed by atoms with Crippen LogP contribution < -0.4 is 16.4 Å². The molecule has 5 amide bonds. The van der Waals surface area contributed by atoms with Crippen LogP contribution in [-0.4, -0.2) is 109 Å². The van der Waals surface area contributed by atoms with Crippen molar-refractivity contribution in [1.82, 2.24) is 20.4 Å². The number of aliphatic hydroxyl groups excluding tert-OH is 1. The zero-order valence-corrected chi connectivity index (χ0v) is 25.0. The molecule has 0 aromatic heterocycles. The number of rotatable bonds is 10. The maximum absolute atomic E-state index is 13.4. The molecule has 2 saturated heterocycles. The van der Waals surface area contributed by atoms with E-state index in [9.17, 15) is 34.2 Å². The first-order valence-electron chi connectivity index (χ1n) is 13.4. The number of nitrogens with two attached hydrogens (primary N) is 1. The van der Waals surface area contributed by atoms with E-state index in [1.807, 2.05) is 13.1 Å². The van der Waals surface area contributed by atoms with Crippen LogP contribution in [0.3, 0.4) is 0 Å². The lowest BCUT2D eigenvalue weighted by Gasteiger charge is -2.40. The number of carbonyl (C=O) groups excluding carboxylic acids is 4. The van der Waals surface area contributed by atoms with Gasteiger partial charge in [0.15, 0.2) is 8.32 Å². The lowest BCUT2D eigenvalue weighted by molar-refractivity contribution is -0.136. The summed E-state index contributed by atoms with van der Waals surface area (Å²) in [6.45, 7) is 14.2. The monoisotopic (exact) mass is 571 g/mol. The highest BCUT2D eigenvalue weighted by Crippen LogP contribution is 2.37. The molecule has 13 nitrogen and oxygen atoms in total. The number of hydrogen-bond acceptors (Lipinski definition) is 7. The van der Waals surface area contributed by atoms with Crippen molar-refractivity contribution in [1.29, 1.82) is 0 Å². The molecule has 0 bridgehead atoms. The number of carboxylic acid groups (broad SMARTS) is 1. The topological polar surface area (TPSA) is 192 Å². The van der Waals surface area contributed by atoms with E-state index in [-0.39, 0.29) is 24.0 Å². The summed E-state index contributed by atoms with van der Waals surface area (Å²) >= 11 is 0. The minimum absolute atomic E-state index is 0.134. The quantitative estimate of drug-likeness (QED) is 0.228. The number of nitrogens with zero attached hydrogens (tertiary/aromatic N) is 2. The molecule has 0 saturated carbocycles. The lowest BCUT2D eigenvalue weighted by Crippen LogP contribution is -2.57.